The summed E-state index contributed by atoms with van der Waals surface area (Å²) in [4.78, 5) is 23.8. The van der Waals surface area contributed by atoms with Crippen LogP contribution in [0.15, 0.2) is 30.3 Å². The van der Waals surface area contributed by atoms with E-state index in [1.807, 2.05) is 6.07 Å². The Morgan fingerprint density at radius 2 is 1.76 bits per heavy atom. The average Bonchev–Trinajstić information content (AvgIpc) is 2.50. The number of rotatable bonds is 7. The fourth-order valence-corrected chi connectivity index (χ4v) is 2.03. The van der Waals surface area contributed by atoms with Crippen molar-refractivity contribution in [1.82, 2.24) is 0 Å². The lowest BCUT2D eigenvalue weighted by molar-refractivity contribution is -0.149. The van der Waals surface area contributed by atoms with Crippen molar-refractivity contribution in [3.8, 4) is 6.07 Å². The first-order valence-corrected chi connectivity index (χ1v) is 6.90. The molecule has 1 unspecified atom stereocenters. The number of benzene rings is 1. The minimum Gasteiger partial charge on any atom is -0.466 e. The van der Waals surface area contributed by atoms with Gasteiger partial charge in [-0.25, -0.2) is 4.79 Å². The minimum absolute atomic E-state index is 0.0187. The third kappa shape index (κ3) is 4.06. The number of ether oxygens (including phenoxy) is 2. The van der Waals surface area contributed by atoms with Gasteiger partial charge in [-0.15, -0.1) is 0 Å². The highest BCUT2D eigenvalue weighted by molar-refractivity contribution is 5.87. The second-order valence-corrected chi connectivity index (χ2v) is 4.41. The largest absolute Gasteiger partial charge is 0.466 e. The fourth-order valence-electron chi connectivity index (χ4n) is 2.03. The molecule has 0 radical (unpaired) electrons. The van der Waals surface area contributed by atoms with Crippen LogP contribution < -0.4 is 0 Å². The minimum atomic E-state index is -1.48. The number of carbonyl (C=O) groups is 2. The van der Waals surface area contributed by atoms with Gasteiger partial charge in [0.15, 0.2) is 5.41 Å². The normalized spacial score (nSPS) is 12.8. The Bertz CT molecular complexity index is 521. The number of carbonyl (C=O) groups excluding carboxylic acids is 2. The molecule has 0 saturated heterocycles. The van der Waals surface area contributed by atoms with E-state index in [1.165, 1.54) is 0 Å². The molecule has 0 aliphatic heterocycles. The summed E-state index contributed by atoms with van der Waals surface area (Å²) in [5.74, 6) is -1.07. The van der Waals surface area contributed by atoms with E-state index in [0.29, 0.717) is 5.56 Å². The van der Waals surface area contributed by atoms with Crippen LogP contribution in [0.2, 0.25) is 0 Å². The van der Waals surface area contributed by atoms with Gasteiger partial charge in [0.2, 0.25) is 0 Å². The van der Waals surface area contributed by atoms with Crippen LogP contribution in [0.1, 0.15) is 32.3 Å². The lowest BCUT2D eigenvalue weighted by Gasteiger charge is -2.24. The van der Waals surface area contributed by atoms with Crippen LogP contribution in [0.25, 0.3) is 0 Å². The van der Waals surface area contributed by atoms with Gasteiger partial charge in [0.1, 0.15) is 0 Å². The molecular formula is C16H19NO4. The van der Waals surface area contributed by atoms with Crippen molar-refractivity contribution in [2.24, 2.45) is 0 Å². The van der Waals surface area contributed by atoms with Gasteiger partial charge in [0.05, 0.1) is 19.3 Å². The topological polar surface area (TPSA) is 76.4 Å². The lowest BCUT2D eigenvalue weighted by atomic mass is 9.78. The predicted molar refractivity (Wildman–Crippen MR) is 76.2 cm³/mol. The van der Waals surface area contributed by atoms with E-state index in [1.54, 1.807) is 44.2 Å². The van der Waals surface area contributed by atoms with Gasteiger partial charge in [-0.05, 0) is 25.8 Å². The zero-order valence-electron chi connectivity index (χ0n) is 12.3. The van der Waals surface area contributed by atoms with Gasteiger partial charge in [-0.3, -0.25) is 4.79 Å². The number of nitriles is 1. The molecule has 0 aliphatic carbocycles. The molecule has 0 fully saturated rings. The molecule has 0 bridgehead atoms. The third-order valence-electron chi connectivity index (χ3n) is 3.09. The van der Waals surface area contributed by atoms with Gasteiger partial charge >= 0.3 is 11.9 Å². The maximum Gasteiger partial charge on any atom is 0.331 e. The number of esters is 2. The summed E-state index contributed by atoms with van der Waals surface area (Å²) in [6.07, 6.45) is 0.0142. The molecule has 1 atom stereocenters. The summed E-state index contributed by atoms with van der Waals surface area (Å²) < 4.78 is 9.89. The van der Waals surface area contributed by atoms with Crippen LogP contribution in [-0.2, 0) is 24.5 Å². The quantitative estimate of drug-likeness (QED) is 0.720. The molecule has 0 aromatic heterocycles. The van der Waals surface area contributed by atoms with Gasteiger partial charge in [0, 0.05) is 6.42 Å². The van der Waals surface area contributed by atoms with E-state index >= 15 is 0 Å². The molecular weight excluding hydrogens is 270 g/mol. The van der Waals surface area contributed by atoms with Crippen molar-refractivity contribution in [3.63, 3.8) is 0 Å². The van der Waals surface area contributed by atoms with Crippen LogP contribution in [0.5, 0.6) is 0 Å². The Morgan fingerprint density at radius 1 is 1.14 bits per heavy atom. The molecule has 5 heteroatoms. The van der Waals surface area contributed by atoms with Gasteiger partial charge in [-0.1, -0.05) is 30.3 Å². The van der Waals surface area contributed by atoms with Crippen LogP contribution in [0, 0.1) is 11.3 Å². The van der Waals surface area contributed by atoms with Crippen LogP contribution in [0.3, 0.4) is 0 Å². The molecule has 1 aromatic rings. The first-order valence-electron chi connectivity index (χ1n) is 6.90. The van der Waals surface area contributed by atoms with E-state index in [9.17, 15) is 14.9 Å². The summed E-state index contributed by atoms with van der Waals surface area (Å²) in [6.45, 7) is 3.83. The highest BCUT2D eigenvalue weighted by Crippen LogP contribution is 2.30. The summed E-state index contributed by atoms with van der Waals surface area (Å²) in [6, 6.07) is 10.7. The van der Waals surface area contributed by atoms with Crippen molar-refractivity contribution in [2.75, 3.05) is 13.2 Å². The van der Waals surface area contributed by atoms with E-state index in [-0.39, 0.29) is 26.1 Å². The zero-order valence-corrected chi connectivity index (χ0v) is 12.3. The molecule has 5 nitrogen and oxygen atoms in total. The average molecular weight is 289 g/mol. The molecule has 21 heavy (non-hydrogen) atoms. The fraction of sp³-hybridized carbons (Fsp3) is 0.438. The number of nitrogens with zero attached hydrogens (tertiary/aromatic N) is 1. The standard InChI is InChI=1S/C16H19NO4/c1-3-20-14(18)10-11-16(12-17,15(19)21-4-2)13-8-6-5-7-9-13/h5-9H,3-4,10-11H2,1-2H3. The highest BCUT2D eigenvalue weighted by atomic mass is 16.5. The maximum atomic E-state index is 12.3. The van der Waals surface area contributed by atoms with Crippen molar-refractivity contribution in [2.45, 2.75) is 32.1 Å². The molecule has 0 spiro atoms. The highest BCUT2D eigenvalue weighted by Gasteiger charge is 2.42. The van der Waals surface area contributed by atoms with Crippen molar-refractivity contribution < 1.29 is 19.1 Å². The summed E-state index contributed by atoms with van der Waals surface area (Å²) >= 11 is 0. The van der Waals surface area contributed by atoms with E-state index in [2.05, 4.69) is 0 Å². The number of hydrogen-bond acceptors (Lipinski definition) is 5. The van der Waals surface area contributed by atoms with Crippen molar-refractivity contribution in [1.29, 1.82) is 5.26 Å². The van der Waals surface area contributed by atoms with E-state index in [4.69, 9.17) is 9.47 Å². The Labute approximate surface area is 124 Å². The van der Waals surface area contributed by atoms with Crippen molar-refractivity contribution >= 4 is 11.9 Å². The van der Waals surface area contributed by atoms with E-state index in [0.717, 1.165) is 0 Å². The second-order valence-electron chi connectivity index (χ2n) is 4.41. The summed E-state index contributed by atoms with van der Waals surface area (Å²) in [5, 5.41) is 9.57. The molecule has 0 amide bonds. The van der Waals surface area contributed by atoms with Crippen LogP contribution in [-0.4, -0.2) is 25.2 Å². The molecule has 112 valence electrons. The molecule has 0 aliphatic rings. The lowest BCUT2D eigenvalue weighted by Crippen LogP contribution is -2.37. The third-order valence-corrected chi connectivity index (χ3v) is 3.09. The first kappa shape index (κ1) is 16.7. The Morgan fingerprint density at radius 3 is 2.29 bits per heavy atom. The second kappa shape index (κ2) is 8.05. The zero-order chi connectivity index (χ0) is 15.7. The van der Waals surface area contributed by atoms with Gasteiger partial charge < -0.3 is 9.47 Å². The Balaban J connectivity index is 3.07. The molecule has 1 aromatic carbocycles. The summed E-state index contributed by atoms with van der Waals surface area (Å²) in [7, 11) is 0. The molecule has 0 heterocycles. The van der Waals surface area contributed by atoms with Gasteiger partial charge in [0.25, 0.3) is 0 Å². The predicted octanol–water partition coefficient (Wildman–Crippen LogP) is 2.35. The molecule has 0 N–H and O–H groups in total. The molecule has 0 saturated carbocycles. The monoisotopic (exact) mass is 289 g/mol. The number of hydrogen-bond donors (Lipinski definition) is 0. The van der Waals surface area contributed by atoms with Crippen LogP contribution in [0.4, 0.5) is 0 Å². The Kier molecular flexibility index (Phi) is 6.41. The van der Waals surface area contributed by atoms with Crippen LogP contribution >= 0.6 is 0 Å². The Hall–Kier alpha value is -2.35. The van der Waals surface area contributed by atoms with E-state index < -0.39 is 17.4 Å². The summed E-state index contributed by atoms with van der Waals surface area (Å²) in [5.41, 5.74) is -0.959. The first-order chi connectivity index (χ1) is 10.1. The van der Waals surface area contributed by atoms with Gasteiger partial charge in [-0.2, -0.15) is 5.26 Å². The van der Waals surface area contributed by atoms with Crippen molar-refractivity contribution in [3.05, 3.63) is 35.9 Å². The SMILES string of the molecule is CCOC(=O)CCC(C#N)(C(=O)OCC)c1ccccc1. The molecule has 1 rings (SSSR count). The maximum absolute atomic E-state index is 12.3. The smallest absolute Gasteiger partial charge is 0.331 e.